The highest BCUT2D eigenvalue weighted by atomic mass is 19.4. The van der Waals surface area contributed by atoms with Gasteiger partial charge in [-0.3, -0.25) is 4.90 Å². The Hall–Kier alpha value is -1.33. The van der Waals surface area contributed by atoms with Crippen LogP contribution in [0, 0.1) is 0 Å². The van der Waals surface area contributed by atoms with Gasteiger partial charge in [-0.05, 0) is 31.0 Å². The van der Waals surface area contributed by atoms with Gasteiger partial charge in [0.1, 0.15) is 0 Å². The largest absolute Gasteiger partial charge is 0.416 e. The highest BCUT2D eigenvalue weighted by Gasteiger charge is 2.30. The number of benzene rings is 1. The molecule has 1 fully saturated rings. The van der Waals surface area contributed by atoms with Crippen LogP contribution in [0.15, 0.2) is 36.4 Å². The fourth-order valence-corrected chi connectivity index (χ4v) is 2.68. The number of halogens is 3. The lowest BCUT2D eigenvalue weighted by Gasteiger charge is -2.35. The van der Waals surface area contributed by atoms with Gasteiger partial charge in [-0.2, -0.15) is 13.2 Å². The first-order valence-corrected chi connectivity index (χ1v) is 7.14. The molecule has 0 aromatic heterocycles. The van der Waals surface area contributed by atoms with Crippen LogP contribution in [0.25, 0.3) is 0 Å². The van der Waals surface area contributed by atoms with E-state index in [1.807, 2.05) is 6.92 Å². The third-order valence-electron chi connectivity index (χ3n) is 3.76. The zero-order chi connectivity index (χ0) is 15.5. The second-order valence-corrected chi connectivity index (χ2v) is 5.58. The first-order valence-electron chi connectivity index (χ1n) is 7.14. The predicted molar refractivity (Wildman–Crippen MR) is 78.1 cm³/mol. The van der Waals surface area contributed by atoms with Crippen LogP contribution >= 0.6 is 0 Å². The number of piperazine rings is 1. The van der Waals surface area contributed by atoms with E-state index in [1.54, 1.807) is 12.1 Å². The number of hydrogen-bond acceptors (Lipinski definition) is 2. The summed E-state index contributed by atoms with van der Waals surface area (Å²) in [5, 5.41) is 3.29. The minimum atomic E-state index is -4.28. The molecule has 1 saturated heterocycles. The molecule has 1 N–H and O–H groups in total. The molecule has 1 heterocycles. The molecule has 0 saturated carbocycles. The standard InChI is InChI=1S/C16H21F3N2/c1-12(2)11-15(21-9-7-20-8-10-21)13-3-5-14(6-4-13)16(17,18)19/h3-6,15,20H,1,7-11H2,2H3/t15-/m1/s1. The molecular formula is C16H21F3N2. The molecule has 2 rings (SSSR count). The minimum Gasteiger partial charge on any atom is -0.314 e. The fourth-order valence-electron chi connectivity index (χ4n) is 2.68. The van der Waals surface area contributed by atoms with E-state index in [9.17, 15) is 13.2 Å². The summed E-state index contributed by atoms with van der Waals surface area (Å²) in [6, 6.07) is 5.63. The Morgan fingerprint density at radius 1 is 1.24 bits per heavy atom. The summed E-state index contributed by atoms with van der Waals surface area (Å²) in [7, 11) is 0. The van der Waals surface area contributed by atoms with Gasteiger partial charge in [0, 0.05) is 32.2 Å². The molecule has 0 aliphatic carbocycles. The molecule has 0 radical (unpaired) electrons. The van der Waals surface area contributed by atoms with Crippen molar-refractivity contribution in [2.45, 2.75) is 25.6 Å². The van der Waals surface area contributed by atoms with Crippen LogP contribution in [0.1, 0.15) is 30.5 Å². The Morgan fingerprint density at radius 2 is 1.81 bits per heavy atom. The quantitative estimate of drug-likeness (QED) is 0.854. The zero-order valence-corrected chi connectivity index (χ0v) is 12.2. The Bertz CT molecular complexity index is 473. The van der Waals surface area contributed by atoms with Crippen molar-refractivity contribution in [3.63, 3.8) is 0 Å². The third-order valence-corrected chi connectivity index (χ3v) is 3.76. The average molecular weight is 298 g/mol. The summed E-state index contributed by atoms with van der Waals surface area (Å²) in [6.45, 7) is 9.53. The molecule has 1 aromatic rings. The van der Waals surface area contributed by atoms with Crippen molar-refractivity contribution in [3.8, 4) is 0 Å². The smallest absolute Gasteiger partial charge is 0.314 e. The number of nitrogens with one attached hydrogen (secondary N) is 1. The van der Waals surface area contributed by atoms with E-state index < -0.39 is 11.7 Å². The van der Waals surface area contributed by atoms with Crippen LogP contribution in [-0.4, -0.2) is 31.1 Å². The van der Waals surface area contributed by atoms with Gasteiger partial charge in [0.2, 0.25) is 0 Å². The summed E-state index contributed by atoms with van der Waals surface area (Å²) in [5.41, 5.74) is 1.37. The number of hydrogen-bond donors (Lipinski definition) is 1. The minimum absolute atomic E-state index is 0.104. The van der Waals surface area contributed by atoms with Crippen molar-refractivity contribution >= 4 is 0 Å². The lowest BCUT2D eigenvalue weighted by molar-refractivity contribution is -0.137. The van der Waals surface area contributed by atoms with Crippen LogP contribution in [0.5, 0.6) is 0 Å². The monoisotopic (exact) mass is 298 g/mol. The third kappa shape index (κ3) is 4.32. The molecule has 2 nitrogen and oxygen atoms in total. The summed E-state index contributed by atoms with van der Waals surface area (Å²) in [6.07, 6.45) is -3.51. The molecule has 5 heteroatoms. The molecule has 0 bridgehead atoms. The second-order valence-electron chi connectivity index (χ2n) is 5.58. The average Bonchev–Trinajstić information content (AvgIpc) is 2.45. The number of rotatable bonds is 4. The zero-order valence-electron chi connectivity index (χ0n) is 12.2. The van der Waals surface area contributed by atoms with Crippen LogP contribution in [0.2, 0.25) is 0 Å². The number of nitrogens with zero attached hydrogens (tertiary/aromatic N) is 1. The second kappa shape index (κ2) is 6.62. The lowest BCUT2D eigenvalue weighted by Crippen LogP contribution is -2.45. The van der Waals surface area contributed by atoms with Gasteiger partial charge >= 0.3 is 6.18 Å². The fraction of sp³-hybridized carbons (Fsp3) is 0.500. The highest BCUT2D eigenvalue weighted by Crippen LogP contribution is 2.32. The molecule has 0 amide bonds. The Balaban J connectivity index is 2.21. The summed E-state index contributed by atoms with van der Waals surface area (Å²) < 4.78 is 38.0. The molecule has 1 aromatic carbocycles. The Kier molecular flexibility index (Phi) is 5.06. The van der Waals surface area contributed by atoms with E-state index in [-0.39, 0.29) is 6.04 Å². The van der Waals surface area contributed by atoms with Gasteiger partial charge in [0.15, 0.2) is 0 Å². The maximum absolute atomic E-state index is 12.7. The van der Waals surface area contributed by atoms with Gasteiger partial charge in [0.05, 0.1) is 5.56 Å². The van der Waals surface area contributed by atoms with Crippen LogP contribution in [-0.2, 0) is 6.18 Å². The van der Waals surface area contributed by atoms with Gasteiger partial charge in [-0.1, -0.05) is 17.7 Å². The van der Waals surface area contributed by atoms with Gasteiger partial charge < -0.3 is 5.32 Å². The van der Waals surface area contributed by atoms with Crippen molar-refractivity contribution in [2.75, 3.05) is 26.2 Å². The molecule has 1 aliphatic rings. The maximum Gasteiger partial charge on any atom is 0.416 e. The van der Waals surface area contributed by atoms with Gasteiger partial charge in [0.25, 0.3) is 0 Å². The molecule has 21 heavy (non-hydrogen) atoms. The highest BCUT2D eigenvalue weighted by molar-refractivity contribution is 5.28. The normalized spacial score (nSPS) is 18.5. The molecule has 1 aliphatic heterocycles. The summed E-state index contributed by atoms with van der Waals surface area (Å²) in [4.78, 5) is 2.31. The Morgan fingerprint density at radius 3 is 2.29 bits per heavy atom. The Labute approximate surface area is 123 Å². The lowest BCUT2D eigenvalue weighted by atomic mass is 9.97. The molecule has 0 spiro atoms. The van der Waals surface area contributed by atoms with Crippen LogP contribution in [0.3, 0.4) is 0 Å². The SMILES string of the molecule is C=C(C)C[C@H](c1ccc(C(F)(F)F)cc1)N1CCNCC1. The van der Waals surface area contributed by atoms with Crippen LogP contribution in [0.4, 0.5) is 13.2 Å². The van der Waals surface area contributed by atoms with Crippen molar-refractivity contribution < 1.29 is 13.2 Å². The summed E-state index contributed by atoms with van der Waals surface area (Å²) >= 11 is 0. The van der Waals surface area contributed by atoms with Crippen molar-refractivity contribution in [3.05, 3.63) is 47.5 Å². The first kappa shape index (κ1) is 16.0. The predicted octanol–water partition coefficient (Wildman–Crippen LogP) is 3.62. The molecule has 0 unspecified atom stereocenters. The van der Waals surface area contributed by atoms with E-state index in [2.05, 4.69) is 16.8 Å². The molecule has 116 valence electrons. The summed E-state index contributed by atoms with van der Waals surface area (Å²) in [5.74, 6) is 0. The van der Waals surface area contributed by atoms with Crippen LogP contribution < -0.4 is 5.32 Å². The van der Waals surface area contributed by atoms with Crippen molar-refractivity contribution in [1.82, 2.24) is 10.2 Å². The van der Waals surface area contributed by atoms with Crippen molar-refractivity contribution in [2.24, 2.45) is 0 Å². The van der Waals surface area contributed by atoms with Gasteiger partial charge in [-0.25, -0.2) is 0 Å². The first-order chi connectivity index (χ1) is 9.88. The van der Waals surface area contributed by atoms with E-state index in [4.69, 9.17) is 0 Å². The van der Waals surface area contributed by atoms with E-state index in [0.717, 1.165) is 43.7 Å². The maximum atomic E-state index is 12.7. The molecular weight excluding hydrogens is 277 g/mol. The van der Waals surface area contributed by atoms with E-state index in [0.29, 0.717) is 0 Å². The van der Waals surface area contributed by atoms with Crippen molar-refractivity contribution in [1.29, 1.82) is 0 Å². The molecule has 1 atom stereocenters. The van der Waals surface area contributed by atoms with E-state index in [1.165, 1.54) is 12.1 Å². The van der Waals surface area contributed by atoms with E-state index >= 15 is 0 Å². The van der Waals surface area contributed by atoms with Gasteiger partial charge in [-0.15, -0.1) is 6.58 Å². The topological polar surface area (TPSA) is 15.3 Å². The number of alkyl halides is 3.